The fraction of sp³-hybridized carbons (Fsp3) is 0.778. The summed E-state index contributed by atoms with van der Waals surface area (Å²) in [6.45, 7) is 10.5. The zero-order chi connectivity index (χ0) is 8.27. The molecule has 1 aliphatic heterocycles. The fourth-order valence-corrected chi connectivity index (χ4v) is 1.53. The fourth-order valence-electron chi connectivity index (χ4n) is 1.53. The summed E-state index contributed by atoms with van der Waals surface area (Å²) in [5.74, 6) is 0.801. The van der Waals surface area contributed by atoms with Gasteiger partial charge in [-0.1, -0.05) is 13.5 Å². The van der Waals surface area contributed by atoms with Gasteiger partial charge >= 0.3 is 0 Å². The molecule has 0 amide bonds. The van der Waals surface area contributed by atoms with E-state index in [1.165, 1.54) is 6.42 Å². The Morgan fingerprint density at radius 3 is 2.91 bits per heavy atom. The standard InChI is InChI=1S/C9H18N2/c1-4-10-8(3)9-5-7(2)6-11-9/h7,9-11H,3-6H2,1-2H3. The molecular formula is C9H18N2. The highest BCUT2D eigenvalue weighted by atomic mass is 15.0. The van der Waals surface area contributed by atoms with Gasteiger partial charge in [0.2, 0.25) is 0 Å². The Kier molecular flexibility index (Phi) is 2.94. The monoisotopic (exact) mass is 154 g/mol. The van der Waals surface area contributed by atoms with Gasteiger partial charge in [0.1, 0.15) is 0 Å². The van der Waals surface area contributed by atoms with Crippen molar-refractivity contribution in [1.82, 2.24) is 10.6 Å². The Morgan fingerprint density at radius 1 is 1.73 bits per heavy atom. The predicted octanol–water partition coefficient (Wildman–Crippen LogP) is 1.11. The van der Waals surface area contributed by atoms with Gasteiger partial charge in [-0.05, 0) is 25.8 Å². The van der Waals surface area contributed by atoms with Gasteiger partial charge in [-0.2, -0.15) is 0 Å². The van der Waals surface area contributed by atoms with Crippen molar-refractivity contribution in [3.05, 3.63) is 12.3 Å². The normalized spacial score (nSPS) is 30.4. The van der Waals surface area contributed by atoms with Crippen molar-refractivity contribution in [2.75, 3.05) is 13.1 Å². The van der Waals surface area contributed by atoms with Crippen molar-refractivity contribution in [3.8, 4) is 0 Å². The van der Waals surface area contributed by atoms with Gasteiger partial charge < -0.3 is 10.6 Å². The number of nitrogens with one attached hydrogen (secondary N) is 2. The van der Waals surface area contributed by atoms with Crippen LogP contribution in [0.1, 0.15) is 20.3 Å². The van der Waals surface area contributed by atoms with E-state index in [0.29, 0.717) is 6.04 Å². The lowest BCUT2D eigenvalue weighted by atomic mass is 10.1. The minimum Gasteiger partial charge on any atom is -0.388 e. The molecule has 0 aromatic rings. The molecule has 1 fully saturated rings. The number of likely N-dealkylation sites (N-methyl/N-ethyl adjacent to an activating group) is 1. The lowest BCUT2D eigenvalue weighted by Crippen LogP contribution is -2.30. The van der Waals surface area contributed by atoms with E-state index in [4.69, 9.17) is 0 Å². The number of hydrogen-bond donors (Lipinski definition) is 2. The van der Waals surface area contributed by atoms with Gasteiger partial charge in [0.05, 0.1) is 0 Å². The maximum absolute atomic E-state index is 3.99. The molecule has 0 aromatic heterocycles. The third-order valence-electron chi connectivity index (χ3n) is 2.18. The van der Waals surface area contributed by atoms with E-state index in [-0.39, 0.29) is 0 Å². The lowest BCUT2D eigenvalue weighted by Gasteiger charge is -2.14. The highest BCUT2D eigenvalue weighted by molar-refractivity contribution is 5.06. The molecule has 2 nitrogen and oxygen atoms in total. The predicted molar refractivity (Wildman–Crippen MR) is 48.4 cm³/mol. The smallest absolute Gasteiger partial charge is 0.0466 e. The quantitative estimate of drug-likeness (QED) is 0.636. The van der Waals surface area contributed by atoms with E-state index in [0.717, 1.165) is 24.7 Å². The molecule has 1 rings (SSSR count). The van der Waals surface area contributed by atoms with E-state index >= 15 is 0 Å². The van der Waals surface area contributed by atoms with Crippen molar-refractivity contribution in [2.24, 2.45) is 5.92 Å². The summed E-state index contributed by atoms with van der Waals surface area (Å²) in [4.78, 5) is 0. The van der Waals surface area contributed by atoms with Crippen LogP contribution in [0, 0.1) is 5.92 Å². The minimum absolute atomic E-state index is 0.505. The maximum atomic E-state index is 3.99. The van der Waals surface area contributed by atoms with Crippen LogP contribution >= 0.6 is 0 Å². The van der Waals surface area contributed by atoms with E-state index < -0.39 is 0 Å². The molecule has 1 heterocycles. The first-order valence-electron chi connectivity index (χ1n) is 4.40. The van der Waals surface area contributed by atoms with Crippen molar-refractivity contribution in [2.45, 2.75) is 26.3 Å². The maximum Gasteiger partial charge on any atom is 0.0466 e. The molecule has 2 N–H and O–H groups in total. The molecule has 0 bridgehead atoms. The zero-order valence-corrected chi connectivity index (χ0v) is 7.48. The van der Waals surface area contributed by atoms with Gasteiger partial charge in [-0.15, -0.1) is 0 Å². The van der Waals surface area contributed by atoms with Gasteiger partial charge in [-0.3, -0.25) is 0 Å². The molecule has 0 aliphatic carbocycles. The Hall–Kier alpha value is -0.500. The molecule has 1 aliphatic rings. The molecule has 0 radical (unpaired) electrons. The third kappa shape index (κ3) is 2.22. The molecular weight excluding hydrogens is 136 g/mol. The Balaban J connectivity index is 2.31. The largest absolute Gasteiger partial charge is 0.388 e. The van der Waals surface area contributed by atoms with Gasteiger partial charge in [-0.25, -0.2) is 0 Å². The summed E-state index contributed by atoms with van der Waals surface area (Å²) in [5.41, 5.74) is 1.15. The molecule has 11 heavy (non-hydrogen) atoms. The Morgan fingerprint density at radius 2 is 2.45 bits per heavy atom. The van der Waals surface area contributed by atoms with Crippen molar-refractivity contribution >= 4 is 0 Å². The topological polar surface area (TPSA) is 24.1 Å². The van der Waals surface area contributed by atoms with Crippen molar-refractivity contribution < 1.29 is 0 Å². The van der Waals surface area contributed by atoms with Crippen LogP contribution in [0.3, 0.4) is 0 Å². The van der Waals surface area contributed by atoms with Crippen molar-refractivity contribution in [3.63, 3.8) is 0 Å². The molecule has 2 unspecified atom stereocenters. The summed E-state index contributed by atoms with van der Waals surface area (Å²) in [5, 5.41) is 6.68. The average molecular weight is 154 g/mol. The van der Waals surface area contributed by atoms with Gasteiger partial charge in [0, 0.05) is 18.3 Å². The molecule has 0 saturated carbocycles. The van der Waals surface area contributed by atoms with E-state index in [9.17, 15) is 0 Å². The SMILES string of the molecule is C=C(NCC)C1CC(C)CN1. The summed E-state index contributed by atoms with van der Waals surface area (Å²) >= 11 is 0. The summed E-state index contributed by atoms with van der Waals surface area (Å²) < 4.78 is 0. The zero-order valence-electron chi connectivity index (χ0n) is 7.48. The van der Waals surface area contributed by atoms with Crippen LogP contribution in [0.25, 0.3) is 0 Å². The second kappa shape index (κ2) is 3.77. The lowest BCUT2D eigenvalue weighted by molar-refractivity contribution is 0.606. The molecule has 2 atom stereocenters. The molecule has 2 heteroatoms. The van der Waals surface area contributed by atoms with Crippen LogP contribution < -0.4 is 10.6 Å². The Labute approximate surface area is 69.1 Å². The molecule has 0 aromatic carbocycles. The second-order valence-electron chi connectivity index (χ2n) is 3.36. The molecule has 1 saturated heterocycles. The van der Waals surface area contributed by atoms with Crippen LogP contribution in [-0.2, 0) is 0 Å². The number of rotatable bonds is 3. The first kappa shape index (κ1) is 8.60. The molecule has 0 spiro atoms. The highest BCUT2D eigenvalue weighted by Gasteiger charge is 2.21. The third-order valence-corrected chi connectivity index (χ3v) is 2.18. The summed E-state index contributed by atoms with van der Waals surface area (Å²) in [6, 6.07) is 0.505. The number of hydrogen-bond acceptors (Lipinski definition) is 2. The summed E-state index contributed by atoms with van der Waals surface area (Å²) in [6.07, 6.45) is 1.23. The average Bonchev–Trinajstić information content (AvgIpc) is 2.36. The van der Waals surface area contributed by atoms with Crippen molar-refractivity contribution in [1.29, 1.82) is 0 Å². The van der Waals surface area contributed by atoms with E-state index in [1.807, 2.05) is 0 Å². The molecule has 64 valence electrons. The van der Waals surface area contributed by atoms with E-state index in [2.05, 4.69) is 31.1 Å². The van der Waals surface area contributed by atoms with Crippen LogP contribution in [0.4, 0.5) is 0 Å². The van der Waals surface area contributed by atoms with Crippen LogP contribution in [-0.4, -0.2) is 19.1 Å². The first-order chi connectivity index (χ1) is 5.24. The van der Waals surface area contributed by atoms with Gasteiger partial charge in [0.15, 0.2) is 0 Å². The summed E-state index contributed by atoms with van der Waals surface area (Å²) in [7, 11) is 0. The van der Waals surface area contributed by atoms with Crippen LogP contribution in [0.5, 0.6) is 0 Å². The first-order valence-corrected chi connectivity index (χ1v) is 4.40. The second-order valence-corrected chi connectivity index (χ2v) is 3.36. The van der Waals surface area contributed by atoms with E-state index in [1.54, 1.807) is 0 Å². The van der Waals surface area contributed by atoms with Crippen LogP contribution in [0.2, 0.25) is 0 Å². The Bertz CT molecular complexity index is 142. The van der Waals surface area contributed by atoms with Gasteiger partial charge in [0.25, 0.3) is 0 Å². The highest BCUT2D eigenvalue weighted by Crippen LogP contribution is 2.16. The van der Waals surface area contributed by atoms with Crippen LogP contribution in [0.15, 0.2) is 12.3 Å². The minimum atomic E-state index is 0.505.